The summed E-state index contributed by atoms with van der Waals surface area (Å²) in [5.74, 6) is 1.45. The molecule has 0 amide bonds. The van der Waals surface area contributed by atoms with Gasteiger partial charge < -0.3 is 9.84 Å². The standard InChI is InChI=1S/C14H22N4OS/c1-4-7-15-10(2)5-6-13-17-12(18-19-13)8-14-16-11(3)9-20-14/h9-10,15H,4-8H2,1-3H3. The van der Waals surface area contributed by atoms with Crippen LogP contribution in [0.25, 0.3) is 0 Å². The van der Waals surface area contributed by atoms with E-state index in [1.807, 2.05) is 12.3 Å². The van der Waals surface area contributed by atoms with Crippen molar-refractivity contribution in [2.45, 2.75) is 52.5 Å². The lowest BCUT2D eigenvalue weighted by molar-refractivity contribution is 0.363. The summed E-state index contributed by atoms with van der Waals surface area (Å²) in [7, 11) is 0. The molecule has 0 aliphatic carbocycles. The number of nitrogens with one attached hydrogen (secondary N) is 1. The molecule has 1 unspecified atom stereocenters. The minimum atomic E-state index is 0.479. The van der Waals surface area contributed by atoms with Crippen LogP contribution in [-0.4, -0.2) is 27.7 Å². The van der Waals surface area contributed by atoms with Crippen molar-refractivity contribution in [3.8, 4) is 0 Å². The van der Waals surface area contributed by atoms with Crippen molar-refractivity contribution in [2.24, 2.45) is 0 Å². The van der Waals surface area contributed by atoms with E-state index in [9.17, 15) is 0 Å². The van der Waals surface area contributed by atoms with E-state index in [4.69, 9.17) is 4.52 Å². The van der Waals surface area contributed by atoms with E-state index in [0.29, 0.717) is 12.5 Å². The Morgan fingerprint density at radius 2 is 2.25 bits per heavy atom. The molecule has 0 fully saturated rings. The third-order valence-electron chi connectivity index (χ3n) is 3.02. The smallest absolute Gasteiger partial charge is 0.226 e. The molecule has 0 radical (unpaired) electrons. The first-order chi connectivity index (χ1) is 9.67. The van der Waals surface area contributed by atoms with Gasteiger partial charge in [-0.1, -0.05) is 12.1 Å². The number of nitrogens with zero attached hydrogens (tertiary/aromatic N) is 3. The third kappa shape index (κ3) is 4.68. The van der Waals surface area contributed by atoms with Gasteiger partial charge in [0.15, 0.2) is 5.82 Å². The molecular formula is C14H22N4OS. The van der Waals surface area contributed by atoms with Gasteiger partial charge in [-0.3, -0.25) is 0 Å². The van der Waals surface area contributed by atoms with Crippen LogP contribution in [0.15, 0.2) is 9.90 Å². The minimum absolute atomic E-state index is 0.479. The molecule has 2 rings (SSSR count). The van der Waals surface area contributed by atoms with Crippen molar-refractivity contribution in [1.29, 1.82) is 0 Å². The fourth-order valence-corrected chi connectivity index (χ4v) is 2.68. The summed E-state index contributed by atoms with van der Waals surface area (Å²) in [6.07, 6.45) is 3.65. The van der Waals surface area contributed by atoms with Gasteiger partial charge in [0.2, 0.25) is 5.89 Å². The molecule has 20 heavy (non-hydrogen) atoms. The lowest BCUT2D eigenvalue weighted by Crippen LogP contribution is -2.27. The number of hydrogen-bond donors (Lipinski definition) is 1. The van der Waals surface area contributed by atoms with Gasteiger partial charge in [0.05, 0.1) is 6.42 Å². The maximum Gasteiger partial charge on any atom is 0.226 e. The molecule has 0 aliphatic heterocycles. The molecule has 110 valence electrons. The van der Waals surface area contributed by atoms with Gasteiger partial charge in [-0.25, -0.2) is 4.98 Å². The monoisotopic (exact) mass is 294 g/mol. The van der Waals surface area contributed by atoms with E-state index >= 15 is 0 Å². The van der Waals surface area contributed by atoms with Crippen LogP contribution in [0.4, 0.5) is 0 Å². The Morgan fingerprint density at radius 1 is 1.40 bits per heavy atom. The third-order valence-corrected chi connectivity index (χ3v) is 3.99. The van der Waals surface area contributed by atoms with E-state index < -0.39 is 0 Å². The molecular weight excluding hydrogens is 272 g/mol. The maximum atomic E-state index is 5.29. The largest absolute Gasteiger partial charge is 0.339 e. The maximum absolute atomic E-state index is 5.29. The SMILES string of the molecule is CCCNC(C)CCc1nc(Cc2nc(C)cs2)no1. The fraction of sp³-hybridized carbons (Fsp3) is 0.643. The first-order valence-corrected chi connectivity index (χ1v) is 8.01. The van der Waals surface area contributed by atoms with Crippen molar-refractivity contribution < 1.29 is 4.52 Å². The Kier molecular flexibility index (Phi) is 5.67. The van der Waals surface area contributed by atoms with Gasteiger partial charge in [-0.2, -0.15) is 4.98 Å². The fourth-order valence-electron chi connectivity index (χ4n) is 1.92. The highest BCUT2D eigenvalue weighted by Crippen LogP contribution is 2.13. The van der Waals surface area contributed by atoms with Crippen LogP contribution < -0.4 is 5.32 Å². The van der Waals surface area contributed by atoms with Crippen molar-refractivity contribution in [1.82, 2.24) is 20.4 Å². The molecule has 0 saturated heterocycles. The zero-order chi connectivity index (χ0) is 14.4. The van der Waals surface area contributed by atoms with Gasteiger partial charge in [-0.15, -0.1) is 11.3 Å². The summed E-state index contributed by atoms with van der Waals surface area (Å²) < 4.78 is 5.29. The summed E-state index contributed by atoms with van der Waals surface area (Å²) in [5, 5.41) is 10.5. The number of hydrogen-bond acceptors (Lipinski definition) is 6. The van der Waals surface area contributed by atoms with Crippen LogP contribution >= 0.6 is 11.3 Å². The second-order valence-electron chi connectivity index (χ2n) is 5.06. The van der Waals surface area contributed by atoms with Crippen LogP contribution in [0.5, 0.6) is 0 Å². The predicted octanol–water partition coefficient (Wildman–Crippen LogP) is 2.75. The van der Waals surface area contributed by atoms with E-state index in [1.54, 1.807) is 11.3 Å². The average molecular weight is 294 g/mol. The second kappa shape index (κ2) is 7.50. The van der Waals surface area contributed by atoms with Crippen molar-refractivity contribution in [3.05, 3.63) is 27.8 Å². The quantitative estimate of drug-likeness (QED) is 0.811. The highest BCUT2D eigenvalue weighted by Gasteiger charge is 2.10. The molecule has 2 aromatic rings. The molecule has 2 aromatic heterocycles. The van der Waals surface area contributed by atoms with Gasteiger partial charge in [-0.05, 0) is 33.2 Å². The Labute approximate surface area is 123 Å². The van der Waals surface area contributed by atoms with E-state index in [2.05, 4.69) is 34.3 Å². The Hall–Kier alpha value is -1.27. The minimum Gasteiger partial charge on any atom is -0.339 e. The summed E-state index contributed by atoms with van der Waals surface area (Å²) in [5.41, 5.74) is 1.05. The summed E-state index contributed by atoms with van der Waals surface area (Å²) in [6.45, 7) is 7.40. The van der Waals surface area contributed by atoms with Gasteiger partial charge >= 0.3 is 0 Å². The molecule has 1 N–H and O–H groups in total. The zero-order valence-corrected chi connectivity index (χ0v) is 13.2. The van der Waals surface area contributed by atoms with E-state index in [1.165, 1.54) is 0 Å². The molecule has 2 heterocycles. The normalized spacial score (nSPS) is 12.8. The highest BCUT2D eigenvalue weighted by molar-refractivity contribution is 7.09. The van der Waals surface area contributed by atoms with Gasteiger partial charge in [0.1, 0.15) is 5.01 Å². The molecule has 0 spiro atoms. The van der Waals surface area contributed by atoms with Crippen LogP contribution in [-0.2, 0) is 12.8 Å². The van der Waals surface area contributed by atoms with Crippen LogP contribution in [0.3, 0.4) is 0 Å². The molecule has 6 heteroatoms. The van der Waals surface area contributed by atoms with Crippen molar-refractivity contribution in [2.75, 3.05) is 6.54 Å². The number of thiazole rings is 1. The van der Waals surface area contributed by atoms with Crippen LogP contribution in [0.1, 0.15) is 49.1 Å². The summed E-state index contributed by atoms with van der Waals surface area (Å²) in [4.78, 5) is 8.84. The van der Waals surface area contributed by atoms with Crippen LogP contribution in [0.2, 0.25) is 0 Å². The predicted molar refractivity (Wildman–Crippen MR) is 80.0 cm³/mol. The topological polar surface area (TPSA) is 63.8 Å². The summed E-state index contributed by atoms with van der Waals surface area (Å²) in [6, 6.07) is 0.479. The lowest BCUT2D eigenvalue weighted by Gasteiger charge is -2.10. The number of rotatable bonds is 8. The molecule has 0 saturated carbocycles. The molecule has 0 bridgehead atoms. The van der Waals surface area contributed by atoms with Gasteiger partial charge in [0, 0.05) is 23.5 Å². The second-order valence-corrected chi connectivity index (χ2v) is 6.00. The molecule has 0 aliphatic rings. The first kappa shape index (κ1) is 15.1. The van der Waals surface area contributed by atoms with Crippen molar-refractivity contribution >= 4 is 11.3 Å². The lowest BCUT2D eigenvalue weighted by atomic mass is 10.2. The molecule has 0 aromatic carbocycles. The van der Waals surface area contributed by atoms with Crippen molar-refractivity contribution in [3.63, 3.8) is 0 Å². The number of aryl methyl sites for hydroxylation is 2. The Balaban J connectivity index is 1.80. The average Bonchev–Trinajstić information content (AvgIpc) is 3.04. The Morgan fingerprint density at radius 3 is 2.95 bits per heavy atom. The van der Waals surface area contributed by atoms with E-state index in [0.717, 1.165) is 48.2 Å². The highest BCUT2D eigenvalue weighted by atomic mass is 32.1. The number of aromatic nitrogens is 3. The van der Waals surface area contributed by atoms with Gasteiger partial charge in [0.25, 0.3) is 0 Å². The first-order valence-electron chi connectivity index (χ1n) is 7.13. The summed E-state index contributed by atoms with van der Waals surface area (Å²) >= 11 is 1.64. The molecule has 1 atom stereocenters. The Bertz CT molecular complexity index is 523. The van der Waals surface area contributed by atoms with E-state index in [-0.39, 0.29) is 0 Å². The van der Waals surface area contributed by atoms with Crippen LogP contribution in [0, 0.1) is 6.92 Å². The molecule has 5 nitrogen and oxygen atoms in total. The zero-order valence-electron chi connectivity index (χ0n) is 12.3.